The topological polar surface area (TPSA) is 131 Å². The Morgan fingerprint density at radius 2 is 1.66 bits per heavy atom. The fourth-order valence-corrected chi connectivity index (χ4v) is 6.81. The summed E-state index contributed by atoms with van der Waals surface area (Å²) in [7, 11) is 10.3. The number of anilines is 1. The lowest BCUT2D eigenvalue weighted by atomic mass is 9.45. The molecule has 3 rings (SSSR count). The van der Waals surface area contributed by atoms with Gasteiger partial charge in [0.05, 0.1) is 22.1 Å². The molecule has 0 saturated carbocycles. The number of benzene rings is 2. The van der Waals surface area contributed by atoms with Crippen LogP contribution in [-0.4, -0.2) is 133 Å². The van der Waals surface area contributed by atoms with Crippen LogP contribution in [0, 0.1) is 5.82 Å². The van der Waals surface area contributed by atoms with Gasteiger partial charge in [0.15, 0.2) is 7.85 Å². The largest absolute Gasteiger partial charge is 0.395 e. The number of aldehydes is 2. The van der Waals surface area contributed by atoms with Crippen molar-refractivity contribution in [3.63, 3.8) is 0 Å². The average Bonchev–Trinajstić information content (AvgIpc) is 2.95. The van der Waals surface area contributed by atoms with E-state index in [0.29, 0.717) is 41.5 Å². The zero-order valence-electron chi connectivity index (χ0n) is 29.7. The molecule has 1 aliphatic heterocycles. The fourth-order valence-electron chi connectivity index (χ4n) is 6.81. The second-order valence-corrected chi connectivity index (χ2v) is 15.2. The monoisotopic (exact) mass is 646 g/mol. The molecule has 0 bridgehead atoms. The number of amides is 1. The average molecular weight is 646 g/mol. The highest BCUT2D eigenvalue weighted by Crippen LogP contribution is 2.35. The molecule has 1 amide bonds. The minimum atomic E-state index is -2.35. The van der Waals surface area contributed by atoms with Crippen molar-refractivity contribution in [2.24, 2.45) is 0 Å². The number of aliphatic hydroxyl groups is 2. The summed E-state index contributed by atoms with van der Waals surface area (Å²) in [6.07, 6.45) is 1.16. The van der Waals surface area contributed by atoms with Crippen LogP contribution in [0.15, 0.2) is 36.4 Å². The van der Waals surface area contributed by atoms with E-state index in [-0.39, 0.29) is 23.6 Å². The molecule has 1 aliphatic rings. The van der Waals surface area contributed by atoms with Gasteiger partial charge in [-0.05, 0) is 63.6 Å². The third-order valence-electron chi connectivity index (χ3n) is 9.68. The number of rotatable bonds is 13. The van der Waals surface area contributed by atoms with Crippen LogP contribution in [0.5, 0.6) is 0 Å². The summed E-state index contributed by atoms with van der Waals surface area (Å²) < 4.78 is 21.8. The lowest BCUT2D eigenvalue weighted by Gasteiger charge is -2.51. The van der Waals surface area contributed by atoms with E-state index in [1.165, 1.54) is 33.7 Å². The number of hydrogen-bond acceptors (Lipinski definition) is 9. The number of likely N-dealkylation sites (N-methyl/N-ethyl adjacent to an activating group) is 2. The molecule has 0 aromatic heterocycles. The summed E-state index contributed by atoms with van der Waals surface area (Å²) in [5.74, 6) is -1.26. The Hall–Kier alpha value is -2.90. The van der Waals surface area contributed by atoms with Crippen LogP contribution in [0.25, 0.3) is 0 Å². The summed E-state index contributed by atoms with van der Waals surface area (Å²) in [6.45, 7) is 10.3. The van der Waals surface area contributed by atoms with Crippen LogP contribution in [0.1, 0.15) is 54.7 Å². The van der Waals surface area contributed by atoms with E-state index in [9.17, 15) is 24.6 Å². The zero-order valence-corrected chi connectivity index (χ0v) is 29.7. The van der Waals surface area contributed by atoms with Crippen molar-refractivity contribution in [3.8, 4) is 0 Å². The predicted molar refractivity (Wildman–Crippen MR) is 195 cm³/mol. The normalized spacial score (nSPS) is 20.3. The van der Waals surface area contributed by atoms with Crippen molar-refractivity contribution in [2.75, 3.05) is 32.5 Å². The zero-order chi connectivity index (χ0) is 35.8. The number of carbonyl (C=O) groups excluding carboxylic acids is 3. The van der Waals surface area contributed by atoms with Gasteiger partial charge < -0.3 is 30.4 Å². The van der Waals surface area contributed by atoms with Gasteiger partial charge in [0.1, 0.15) is 55.3 Å². The molecule has 1 heterocycles. The summed E-state index contributed by atoms with van der Waals surface area (Å²) in [5, 5.41) is 27.4. The number of hydrogen-bond donors (Lipinski definition) is 4. The van der Waals surface area contributed by atoms with Gasteiger partial charge in [-0.3, -0.25) is 19.4 Å². The predicted octanol–water partition coefficient (Wildman–Crippen LogP) is -3.13. The Morgan fingerprint density at radius 3 is 2.19 bits per heavy atom. The van der Waals surface area contributed by atoms with Crippen molar-refractivity contribution in [2.45, 2.75) is 73.8 Å². The summed E-state index contributed by atoms with van der Waals surface area (Å²) in [4.78, 5) is 41.2. The minimum Gasteiger partial charge on any atom is -0.395 e. The Balaban J connectivity index is 1.98. The molecule has 3 unspecified atom stereocenters. The van der Waals surface area contributed by atoms with Gasteiger partial charge in [-0.2, -0.15) is 0 Å². The molecule has 10 nitrogen and oxygen atoms in total. The SMILES string of the molecule is BC(B)(Nc1cccc(C=O)c1CN(C)C(B)(C=O)C(B)(O)C(B)(O)C(=O)NC)c1cc(CN2CC(C)(C)OC(C)(C)C2)ccc1F. The maximum Gasteiger partial charge on any atom is 0.244 e. The van der Waals surface area contributed by atoms with Crippen molar-refractivity contribution in [1.82, 2.24) is 15.1 Å². The molecular formula is C31H48B5FN4O6. The molecule has 2 aromatic carbocycles. The number of nitrogens with zero attached hydrogens (tertiary/aromatic N) is 2. The lowest BCUT2D eigenvalue weighted by molar-refractivity contribution is -0.182. The Kier molecular flexibility index (Phi) is 11.1. The van der Waals surface area contributed by atoms with Crippen molar-refractivity contribution in [3.05, 3.63) is 64.5 Å². The standard InChI is InChI=1S/C31H48B5FN4O6/c1-26(2)16-41(17-27(3,4)47-26)13-19-10-11-23(37)22(12-19)30(34,35)39-24-9-7-8-20(15-42)21(24)14-40(6)28(32,18-43)31(36,46)29(33,45)25(44)38-5/h7-12,15,18,39,45-46H,13-14,16-17,32-36H2,1-6H3,(H,38,44). The third-order valence-corrected chi connectivity index (χ3v) is 9.68. The van der Waals surface area contributed by atoms with Crippen LogP contribution in [0.3, 0.4) is 0 Å². The van der Waals surface area contributed by atoms with E-state index in [0.717, 1.165) is 26.5 Å². The molecule has 3 atom stereocenters. The molecule has 16 heteroatoms. The Morgan fingerprint density at radius 1 is 1.06 bits per heavy atom. The maximum atomic E-state index is 15.5. The summed E-state index contributed by atoms with van der Waals surface area (Å²) in [5.41, 5.74) is -4.39. The lowest BCUT2D eigenvalue weighted by Crippen LogP contribution is -2.78. The molecule has 0 spiro atoms. The molecule has 250 valence electrons. The van der Waals surface area contributed by atoms with Gasteiger partial charge in [0.25, 0.3) is 0 Å². The molecule has 1 saturated heterocycles. The van der Waals surface area contributed by atoms with E-state index >= 15 is 4.39 Å². The van der Waals surface area contributed by atoms with Crippen molar-refractivity contribution in [1.29, 1.82) is 0 Å². The van der Waals surface area contributed by atoms with E-state index in [1.807, 2.05) is 21.8 Å². The quantitative estimate of drug-likeness (QED) is 0.132. The first kappa shape index (κ1) is 38.6. The highest BCUT2D eigenvalue weighted by atomic mass is 19.1. The van der Waals surface area contributed by atoms with Crippen molar-refractivity contribution >= 4 is 63.4 Å². The number of carbonyl (C=O) groups is 3. The van der Waals surface area contributed by atoms with Gasteiger partial charge in [-0.1, -0.05) is 24.3 Å². The second-order valence-electron chi connectivity index (χ2n) is 15.2. The molecule has 2 aromatic rings. The van der Waals surface area contributed by atoms with Crippen LogP contribution >= 0.6 is 0 Å². The van der Waals surface area contributed by atoms with Gasteiger partial charge in [0, 0.05) is 49.8 Å². The molecule has 0 aliphatic carbocycles. The number of ether oxygens (including phenoxy) is 1. The molecule has 47 heavy (non-hydrogen) atoms. The Labute approximate surface area is 282 Å². The number of halogens is 1. The van der Waals surface area contributed by atoms with Gasteiger partial charge in [-0.25, -0.2) is 4.39 Å². The molecular weight excluding hydrogens is 597 g/mol. The van der Waals surface area contributed by atoms with Gasteiger partial charge in [-0.15, -0.1) is 0 Å². The summed E-state index contributed by atoms with van der Waals surface area (Å²) in [6, 6.07) is 10.2. The van der Waals surface area contributed by atoms with E-state index in [2.05, 4.69) is 43.2 Å². The first-order valence-corrected chi connectivity index (χ1v) is 15.9. The third kappa shape index (κ3) is 7.89. The second kappa shape index (κ2) is 13.5. The maximum absolute atomic E-state index is 15.5. The number of morpholine rings is 1. The summed E-state index contributed by atoms with van der Waals surface area (Å²) >= 11 is 0. The molecule has 4 N–H and O–H groups in total. The molecule has 0 radical (unpaired) electrons. The number of nitrogens with one attached hydrogen (secondary N) is 2. The van der Waals surface area contributed by atoms with Crippen LogP contribution in [0.4, 0.5) is 10.1 Å². The van der Waals surface area contributed by atoms with Gasteiger partial charge in [0.2, 0.25) is 5.91 Å². The molecule has 1 fully saturated rings. The van der Waals surface area contributed by atoms with Crippen LogP contribution in [-0.2, 0) is 32.8 Å². The van der Waals surface area contributed by atoms with E-state index in [1.54, 1.807) is 31.3 Å². The highest BCUT2D eigenvalue weighted by Gasteiger charge is 2.59. The van der Waals surface area contributed by atoms with Crippen molar-refractivity contribution < 1.29 is 33.7 Å². The Bertz CT molecular complexity index is 1490. The minimum absolute atomic E-state index is 0.0480. The first-order valence-electron chi connectivity index (χ1n) is 15.9. The van der Waals surface area contributed by atoms with Crippen LogP contribution in [0.2, 0.25) is 0 Å². The van der Waals surface area contributed by atoms with Gasteiger partial charge >= 0.3 is 0 Å². The highest BCUT2D eigenvalue weighted by molar-refractivity contribution is 6.41. The van der Waals surface area contributed by atoms with E-state index < -0.39 is 27.7 Å². The van der Waals surface area contributed by atoms with E-state index in [4.69, 9.17) is 4.74 Å². The smallest absolute Gasteiger partial charge is 0.244 e. The fraction of sp³-hybridized carbons (Fsp3) is 0.516. The first-order chi connectivity index (χ1) is 21.5. The van der Waals surface area contributed by atoms with Crippen LogP contribution < -0.4 is 10.6 Å².